The molecule has 7 nitrogen and oxygen atoms in total. The number of hydrogen-bond donors (Lipinski definition) is 1. The van der Waals surface area contributed by atoms with Crippen molar-refractivity contribution in [3.63, 3.8) is 0 Å². The van der Waals surface area contributed by atoms with E-state index in [-0.39, 0.29) is 6.54 Å². The summed E-state index contributed by atoms with van der Waals surface area (Å²) in [6.45, 7) is 2.73. The summed E-state index contributed by atoms with van der Waals surface area (Å²) in [6.07, 6.45) is 2.49. The maximum atomic E-state index is 11.7. The second-order valence-electron chi connectivity index (χ2n) is 7.13. The van der Waals surface area contributed by atoms with Crippen molar-refractivity contribution in [1.82, 2.24) is 9.29 Å². The highest BCUT2D eigenvalue weighted by Crippen LogP contribution is 2.36. The molecule has 3 aromatic rings. The Bertz CT molecular complexity index is 1210. The number of aromatic nitrogens is 1. The van der Waals surface area contributed by atoms with Gasteiger partial charge in [0.1, 0.15) is 0 Å². The normalized spacial score (nSPS) is 14.6. The Morgan fingerprint density at radius 1 is 1.07 bits per heavy atom. The highest BCUT2D eigenvalue weighted by atomic mass is 32.2. The Balaban J connectivity index is 1.80. The Morgan fingerprint density at radius 2 is 1.79 bits per heavy atom. The highest BCUT2D eigenvalue weighted by Gasteiger charge is 2.24. The molecular weight excluding hydrogens is 390 g/mol. The zero-order valence-electron chi connectivity index (χ0n) is 16.6. The van der Waals surface area contributed by atoms with E-state index in [0.717, 1.165) is 38.7 Å². The van der Waals surface area contributed by atoms with Gasteiger partial charge in [-0.3, -0.25) is 4.98 Å². The molecule has 0 atom stereocenters. The SMILES string of the molecule is COc1cc2ncc(-c3ccc4c(c3)CN(S(N)(=O)=O)CC4)c(C)c2cc1OC. The third-order valence-corrected chi connectivity index (χ3v) is 6.53. The van der Waals surface area contributed by atoms with Crippen molar-refractivity contribution in [3.05, 3.63) is 53.2 Å². The highest BCUT2D eigenvalue weighted by molar-refractivity contribution is 7.86. The fourth-order valence-electron chi connectivity index (χ4n) is 3.86. The summed E-state index contributed by atoms with van der Waals surface area (Å²) >= 11 is 0. The maximum absolute atomic E-state index is 11.7. The van der Waals surface area contributed by atoms with E-state index in [1.807, 2.05) is 31.3 Å². The molecule has 1 aliphatic rings. The van der Waals surface area contributed by atoms with Gasteiger partial charge in [-0.05, 0) is 47.7 Å². The minimum Gasteiger partial charge on any atom is -0.493 e. The van der Waals surface area contributed by atoms with E-state index in [4.69, 9.17) is 14.6 Å². The first-order valence-corrected chi connectivity index (χ1v) is 10.7. The van der Waals surface area contributed by atoms with Gasteiger partial charge in [-0.15, -0.1) is 0 Å². The van der Waals surface area contributed by atoms with Crippen LogP contribution < -0.4 is 14.6 Å². The molecule has 2 aromatic carbocycles. The van der Waals surface area contributed by atoms with Crippen LogP contribution in [0.15, 0.2) is 36.5 Å². The molecule has 2 heterocycles. The maximum Gasteiger partial charge on any atom is 0.277 e. The number of rotatable bonds is 4. The predicted molar refractivity (Wildman–Crippen MR) is 112 cm³/mol. The van der Waals surface area contributed by atoms with Crippen molar-refractivity contribution >= 4 is 21.1 Å². The van der Waals surface area contributed by atoms with Gasteiger partial charge in [-0.1, -0.05) is 12.1 Å². The van der Waals surface area contributed by atoms with Crippen LogP contribution in [0.1, 0.15) is 16.7 Å². The molecule has 0 spiro atoms. The second-order valence-corrected chi connectivity index (χ2v) is 8.68. The lowest BCUT2D eigenvalue weighted by atomic mass is 9.93. The first-order valence-electron chi connectivity index (χ1n) is 9.23. The van der Waals surface area contributed by atoms with Crippen LogP contribution in [-0.2, 0) is 23.2 Å². The summed E-state index contributed by atoms with van der Waals surface area (Å²) in [7, 11) is -0.494. The molecule has 0 aliphatic carbocycles. The second kappa shape index (κ2) is 7.29. The molecule has 0 saturated heterocycles. The standard InChI is InChI=1S/C21H23N3O4S/c1-13-17-9-20(27-2)21(28-3)10-19(17)23-11-18(13)15-5-4-14-6-7-24(29(22,25)26)12-16(14)8-15/h4-5,8-11H,6-7,12H2,1-3H3,(H2,22,25,26). The topological polar surface area (TPSA) is 94.7 Å². The van der Waals surface area contributed by atoms with E-state index in [9.17, 15) is 8.42 Å². The van der Waals surface area contributed by atoms with Gasteiger partial charge < -0.3 is 9.47 Å². The molecule has 0 amide bonds. The summed E-state index contributed by atoms with van der Waals surface area (Å²) in [6, 6.07) is 9.94. The molecule has 0 bridgehead atoms. The average Bonchev–Trinajstić information content (AvgIpc) is 2.71. The van der Waals surface area contributed by atoms with Crippen molar-refractivity contribution in [2.24, 2.45) is 5.14 Å². The van der Waals surface area contributed by atoms with Crippen molar-refractivity contribution in [2.75, 3.05) is 20.8 Å². The lowest BCUT2D eigenvalue weighted by Crippen LogP contribution is -2.40. The van der Waals surface area contributed by atoms with E-state index >= 15 is 0 Å². The smallest absolute Gasteiger partial charge is 0.277 e. The van der Waals surface area contributed by atoms with Gasteiger partial charge in [-0.25, -0.2) is 5.14 Å². The van der Waals surface area contributed by atoms with E-state index in [2.05, 4.69) is 17.1 Å². The number of benzene rings is 2. The van der Waals surface area contributed by atoms with Crippen LogP contribution in [0.3, 0.4) is 0 Å². The summed E-state index contributed by atoms with van der Waals surface area (Å²) in [5.41, 5.74) is 5.97. The monoisotopic (exact) mass is 413 g/mol. The number of ether oxygens (including phenoxy) is 2. The molecule has 1 aromatic heterocycles. The van der Waals surface area contributed by atoms with Crippen molar-refractivity contribution in [2.45, 2.75) is 19.9 Å². The van der Waals surface area contributed by atoms with Gasteiger partial charge in [0.05, 0.1) is 19.7 Å². The number of aryl methyl sites for hydroxylation is 1. The molecule has 152 valence electrons. The van der Waals surface area contributed by atoms with E-state index < -0.39 is 10.2 Å². The van der Waals surface area contributed by atoms with Gasteiger partial charge in [-0.2, -0.15) is 12.7 Å². The van der Waals surface area contributed by atoms with Crippen LogP contribution >= 0.6 is 0 Å². The number of nitrogens with zero attached hydrogens (tertiary/aromatic N) is 2. The van der Waals surface area contributed by atoms with Crippen LogP contribution in [0.4, 0.5) is 0 Å². The molecule has 2 N–H and O–H groups in total. The van der Waals surface area contributed by atoms with Crippen LogP contribution in [0.5, 0.6) is 11.5 Å². The molecule has 1 aliphatic heterocycles. The van der Waals surface area contributed by atoms with E-state index in [0.29, 0.717) is 24.5 Å². The van der Waals surface area contributed by atoms with Crippen LogP contribution in [0.25, 0.3) is 22.0 Å². The summed E-state index contributed by atoms with van der Waals surface area (Å²) in [5.74, 6) is 1.29. The summed E-state index contributed by atoms with van der Waals surface area (Å²) in [5, 5.41) is 6.30. The third-order valence-electron chi connectivity index (χ3n) is 5.50. The number of hydrogen-bond acceptors (Lipinski definition) is 5. The first-order chi connectivity index (χ1) is 13.8. The molecule has 4 rings (SSSR count). The average molecular weight is 413 g/mol. The first kappa shape index (κ1) is 19.6. The lowest BCUT2D eigenvalue weighted by Gasteiger charge is -2.26. The molecule has 8 heteroatoms. The van der Waals surface area contributed by atoms with Crippen molar-refractivity contribution < 1.29 is 17.9 Å². The molecule has 0 radical (unpaired) electrons. The minimum atomic E-state index is -3.70. The molecule has 0 fully saturated rings. The number of fused-ring (bicyclic) bond motifs is 2. The van der Waals surface area contributed by atoms with Crippen LogP contribution in [0, 0.1) is 6.92 Å². The minimum absolute atomic E-state index is 0.285. The third kappa shape index (κ3) is 3.55. The molecular formula is C21H23N3O4S. The van der Waals surface area contributed by atoms with E-state index in [1.165, 1.54) is 4.31 Å². The van der Waals surface area contributed by atoms with Gasteiger partial charge in [0.15, 0.2) is 11.5 Å². The Kier molecular flexibility index (Phi) is 4.94. The molecule has 29 heavy (non-hydrogen) atoms. The summed E-state index contributed by atoms with van der Waals surface area (Å²) in [4.78, 5) is 4.61. The van der Waals surface area contributed by atoms with Crippen molar-refractivity contribution in [1.29, 1.82) is 0 Å². The predicted octanol–water partition coefficient (Wildman–Crippen LogP) is 2.79. The zero-order chi connectivity index (χ0) is 20.8. The lowest BCUT2D eigenvalue weighted by molar-refractivity contribution is 0.356. The fourth-order valence-corrected chi connectivity index (χ4v) is 4.52. The molecule has 0 saturated carbocycles. The van der Waals surface area contributed by atoms with Gasteiger partial charge in [0.25, 0.3) is 10.2 Å². The zero-order valence-corrected chi connectivity index (χ0v) is 17.4. The molecule has 0 unspecified atom stereocenters. The largest absolute Gasteiger partial charge is 0.493 e. The Labute approximate surface area is 170 Å². The Hall–Kier alpha value is -2.68. The van der Waals surface area contributed by atoms with Crippen molar-refractivity contribution in [3.8, 4) is 22.6 Å². The van der Waals surface area contributed by atoms with E-state index in [1.54, 1.807) is 14.2 Å². The number of methoxy groups -OCH3 is 2. The van der Waals surface area contributed by atoms with Crippen LogP contribution in [0.2, 0.25) is 0 Å². The summed E-state index contributed by atoms with van der Waals surface area (Å²) < 4.78 is 35.6. The van der Waals surface area contributed by atoms with Gasteiger partial charge in [0, 0.05) is 36.3 Å². The number of nitrogens with two attached hydrogens (primary N) is 1. The Morgan fingerprint density at radius 3 is 2.48 bits per heavy atom. The fraction of sp³-hybridized carbons (Fsp3) is 0.286. The van der Waals surface area contributed by atoms with Gasteiger partial charge >= 0.3 is 0 Å². The van der Waals surface area contributed by atoms with Gasteiger partial charge in [0.2, 0.25) is 0 Å². The quantitative estimate of drug-likeness (QED) is 0.710. The number of pyridine rings is 1. The van der Waals surface area contributed by atoms with Crippen LogP contribution in [-0.4, -0.2) is 38.5 Å².